The number of oxazole rings is 1. The molecule has 174 valence electrons. The Bertz CT molecular complexity index is 1220. The predicted octanol–water partition coefficient (Wildman–Crippen LogP) is 3.54. The summed E-state index contributed by atoms with van der Waals surface area (Å²) in [5.74, 6) is -0.247. The second-order valence-electron chi connectivity index (χ2n) is 9.22. The number of amides is 3. The van der Waals surface area contributed by atoms with Crippen LogP contribution in [0, 0.1) is 5.92 Å². The molecule has 1 aliphatic carbocycles. The molecule has 3 heterocycles. The number of fused-ring (bicyclic) bond motifs is 1. The third-order valence-corrected chi connectivity index (χ3v) is 6.80. The van der Waals surface area contributed by atoms with E-state index in [2.05, 4.69) is 4.98 Å². The molecular formula is C26H25N3O5. The molecule has 3 aromatic rings. The largest absolute Gasteiger partial charge is 0.436 e. The van der Waals surface area contributed by atoms with Gasteiger partial charge in [-0.05, 0) is 62.1 Å². The minimum absolute atomic E-state index is 0.00308. The fraction of sp³-hybridized carbons (Fsp3) is 0.385. The zero-order valence-corrected chi connectivity index (χ0v) is 18.7. The van der Waals surface area contributed by atoms with Gasteiger partial charge in [0.15, 0.2) is 5.58 Å². The first kappa shape index (κ1) is 21.0. The molecule has 34 heavy (non-hydrogen) atoms. The third-order valence-electron chi connectivity index (χ3n) is 6.80. The summed E-state index contributed by atoms with van der Waals surface area (Å²) in [5, 5.41) is 0. The maximum absolute atomic E-state index is 13.4. The van der Waals surface area contributed by atoms with Crippen LogP contribution in [0.3, 0.4) is 0 Å². The molecule has 1 aromatic heterocycles. The lowest BCUT2D eigenvalue weighted by Gasteiger charge is -2.30. The molecule has 0 N–H and O–H groups in total. The third kappa shape index (κ3) is 3.77. The van der Waals surface area contributed by atoms with Crippen LogP contribution in [0.5, 0.6) is 0 Å². The van der Waals surface area contributed by atoms with Gasteiger partial charge in [0.05, 0.1) is 18.2 Å². The molecular weight excluding hydrogens is 434 g/mol. The summed E-state index contributed by atoms with van der Waals surface area (Å²) in [4.78, 5) is 46.6. The van der Waals surface area contributed by atoms with E-state index in [1.807, 2.05) is 24.3 Å². The topological polar surface area (TPSA) is 93.0 Å². The van der Waals surface area contributed by atoms with E-state index in [9.17, 15) is 14.4 Å². The van der Waals surface area contributed by atoms with Gasteiger partial charge in [-0.2, -0.15) is 0 Å². The number of carbonyl (C=O) groups is 3. The van der Waals surface area contributed by atoms with Gasteiger partial charge in [0.1, 0.15) is 11.6 Å². The standard InChI is InChI=1S/C26H25N3O5/c30-23-14-21(28(25(31)17-7-8-17)15-19-4-3-13-33-19)26(32)29(23)18-11-9-16(10-12-18)24-27-20-5-1-2-6-22(20)34-24/h1-2,5-6,9-12,17,19,21H,3-4,7-8,13-15H2. The number of nitrogens with zero attached hydrogens (tertiary/aromatic N) is 3. The molecule has 3 aliphatic rings. The van der Waals surface area contributed by atoms with Gasteiger partial charge in [0.2, 0.25) is 17.7 Å². The van der Waals surface area contributed by atoms with E-state index >= 15 is 0 Å². The maximum atomic E-state index is 13.4. The number of anilines is 1. The van der Waals surface area contributed by atoms with Crippen molar-refractivity contribution in [3.8, 4) is 11.5 Å². The van der Waals surface area contributed by atoms with Crippen molar-refractivity contribution in [1.82, 2.24) is 9.88 Å². The van der Waals surface area contributed by atoms with Gasteiger partial charge in [-0.1, -0.05) is 12.1 Å². The average molecular weight is 460 g/mol. The van der Waals surface area contributed by atoms with Gasteiger partial charge in [0.25, 0.3) is 5.91 Å². The lowest BCUT2D eigenvalue weighted by Crippen LogP contribution is -2.49. The molecule has 3 fully saturated rings. The van der Waals surface area contributed by atoms with E-state index < -0.39 is 6.04 Å². The molecule has 0 radical (unpaired) electrons. The highest BCUT2D eigenvalue weighted by Crippen LogP contribution is 2.35. The zero-order chi connectivity index (χ0) is 23.2. The van der Waals surface area contributed by atoms with Gasteiger partial charge in [-0.15, -0.1) is 0 Å². The minimum atomic E-state index is -0.776. The first-order valence-corrected chi connectivity index (χ1v) is 11.8. The fourth-order valence-corrected chi connectivity index (χ4v) is 4.82. The maximum Gasteiger partial charge on any atom is 0.257 e. The highest BCUT2D eigenvalue weighted by molar-refractivity contribution is 6.23. The summed E-state index contributed by atoms with van der Waals surface area (Å²) < 4.78 is 11.5. The second kappa shape index (κ2) is 8.36. The Morgan fingerprint density at radius 2 is 1.85 bits per heavy atom. The Morgan fingerprint density at radius 1 is 1.06 bits per heavy atom. The van der Waals surface area contributed by atoms with E-state index in [-0.39, 0.29) is 36.2 Å². The normalized spacial score (nSPS) is 22.6. The number of carbonyl (C=O) groups excluding carboxylic acids is 3. The van der Waals surface area contributed by atoms with Crippen molar-refractivity contribution in [1.29, 1.82) is 0 Å². The number of rotatable bonds is 6. The number of aromatic nitrogens is 1. The van der Waals surface area contributed by atoms with Crippen LogP contribution in [-0.2, 0) is 19.1 Å². The van der Waals surface area contributed by atoms with E-state index in [0.29, 0.717) is 30.3 Å². The van der Waals surface area contributed by atoms with Crippen LogP contribution in [-0.4, -0.2) is 52.9 Å². The molecule has 6 rings (SSSR count). The van der Waals surface area contributed by atoms with Gasteiger partial charge in [0, 0.05) is 24.6 Å². The van der Waals surface area contributed by atoms with Crippen molar-refractivity contribution < 1.29 is 23.5 Å². The van der Waals surface area contributed by atoms with Crippen molar-refractivity contribution in [3.05, 3.63) is 48.5 Å². The Kier molecular flexibility index (Phi) is 5.17. The number of para-hydroxylation sites is 2. The van der Waals surface area contributed by atoms with E-state index in [0.717, 1.165) is 36.8 Å². The average Bonchev–Trinajstić information content (AvgIpc) is 3.27. The van der Waals surface area contributed by atoms with Crippen molar-refractivity contribution in [2.75, 3.05) is 18.1 Å². The minimum Gasteiger partial charge on any atom is -0.436 e. The van der Waals surface area contributed by atoms with Gasteiger partial charge >= 0.3 is 0 Å². The van der Waals surface area contributed by atoms with Crippen molar-refractivity contribution in [2.24, 2.45) is 5.92 Å². The predicted molar refractivity (Wildman–Crippen MR) is 124 cm³/mol. The van der Waals surface area contributed by atoms with Crippen molar-refractivity contribution in [3.63, 3.8) is 0 Å². The zero-order valence-electron chi connectivity index (χ0n) is 18.7. The molecule has 0 bridgehead atoms. The fourth-order valence-electron chi connectivity index (χ4n) is 4.82. The van der Waals surface area contributed by atoms with E-state index in [1.54, 1.807) is 29.2 Å². The van der Waals surface area contributed by atoms with Gasteiger partial charge in [-0.3, -0.25) is 14.4 Å². The summed E-state index contributed by atoms with van der Waals surface area (Å²) >= 11 is 0. The summed E-state index contributed by atoms with van der Waals surface area (Å²) in [6.07, 6.45) is 3.43. The van der Waals surface area contributed by atoms with Crippen LogP contribution in [0.2, 0.25) is 0 Å². The van der Waals surface area contributed by atoms with Crippen LogP contribution in [0.1, 0.15) is 32.1 Å². The quantitative estimate of drug-likeness (QED) is 0.524. The van der Waals surface area contributed by atoms with Gasteiger partial charge < -0.3 is 14.1 Å². The number of hydrogen-bond acceptors (Lipinski definition) is 6. The Morgan fingerprint density at radius 3 is 2.56 bits per heavy atom. The monoisotopic (exact) mass is 459 g/mol. The van der Waals surface area contributed by atoms with Crippen molar-refractivity contribution >= 4 is 34.5 Å². The molecule has 2 aliphatic heterocycles. The van der Waals surface area contributed by atoms with Crippen LogP contribution in [0.4, 0.5) is 5.69 Å². The molecule has 2 unspecified atom stereocenters. The Labute approximate surface area is 196 Å². The second-order valence-corrected chi connectivity index (χ2v) is 9.22. The van der Waals surface area contributed by atoms with Crippen LogP contribution >= 0.6 is 0 Å². The Balaban J connectivity index is 1.23. The van der Waals surface area contributed by atoms with Crippen LogP contribution in [0.25, 0.3) is 22.6 Å². The molecule has 8 heteroatoms. The number of hydrogen-bond donors (Lipinski definition) is 0. The van der Waals surface area contributed by atoms with Crippen LogP contribution in [0.15, 0.2) is 52.9 Å². The highest BCUT2D eigenvalue weighted by atomic mass is 16.5. The molecule has 3 amide bonds. The molecule has 8 nitrogen and oxygen atoms in total. The molecule has 1 saturated carbocycles. The molecule has 0 spiro atoms. The highest BCUT2D eigenvalue weighted by Gasteiger charge is 2.47. The lowest BCUT2D eigenvalue weighted by atomic mass is 10.1. The number of benzene rings is 2. The first-order valence-electron chi connectivity index (χ1n) is 11.8. The van der Waals surface area contributed by atoms with Crippen molar-refractivity contribution in [2.45, 2.75) is 44.2 Å². The van der Waals surface area contributed by atoms with E-state index in [1.165, 1.54) is 4.90 Å². The number of imide groups is 1. The SMILES string of the molecule is O=C1CC(N(CC2CCCO2)C(=O)C2CC2)C(=O)N1c1ccc(-c2nc3ccccc3o2)cc1. The first-order chi connectivity index (χ1) is 16.6. The number of ether oxygens (including phenoxy) is 1. The van der Waals surface area contributed by atoms with E-state index in [4.69, 9.17) is 9.15 Å². The molecule has 2 aromatic carbocycles. The summed E-state index contributed by atoms with van der Waals surface area (Å²) in [6, 6.07) is 13.7. The summed E-state index contributed by atoms with van der Waals surface area (Å²) in [7, 11) is 0. The lowest BCUT2D eigenvalue weighted by molar-refractivity contribution is -0.141. The summed E-state index contributed by atoms with van der Waals surface area (Å²) in [5.41, 5.74) is 2.69. The molecule has 2 atom stereocenters. The summed E-state index contributed by atoms with van der Waals surface area (Å²) in [6.45, 7) is 1.04. The van der Waals surface area contributed by atoms with Gasteiger partial charge in [-0.25, -0.2) is 9.88 Å². The van der Waals surface area contributed by atoms with Crippen LogP contribution < -0.4 is 4.90 Å². The smallest absolute Gasteiger partial charge is 0.257 e. The Hall–Kier alpha value is -3.52. The molecule has 2 saturated heterocycles.